The van der Waals surface area contributed by atoms with Crippen molar-refractivity contribution < 1.29 is 14.7 Å². The molecule has 0 saturated carbocycles. The van der Waals surface area contributed by atoms with Crippen molar-refractivity contribution in [3.05, 3.63) is 12.7 Å². The van der Waals surface area contributed by atoms with E-state index in [0.717, 1.165) is 0 Å². The number of carbonyl (C=O) groups is 2. The van der Waals surface area contributed by atoms with Crippen molar-refractivity contribution in [2.45, 2.75) is 6.42 Å². The van der Waals surface area contributed by atoms with Gasteiger partial charge in [-0.25, -0.2) is 0 Å². The summed E-state index contributed by atoms with van der Waals surface area (Å²) in [6.45, 7) is 3.96. The molecule has 0 aliphatic heterocycles. The second-order valence-electron chi connectivity index (χ2n) is 2.33. The van der Waals surface area contributed by atoms with Crippen LogP contribution in [0.15, 0.2) is 12.7 Å². The third-order valence-electron chi connectivity index (χ3n) is 1.23. The van der Waals surface area contributed by atoms with Gasteiger partial charge in [-0.3, -0.25) is 9.59 Å². The maximum atomic E-state index is 10.9. The first kappa shape index (κ1) is 11.6. The quantitative estimate of drug-likeness (QED) is 0.286. The molecular formula is C8H14N2O3. The number of aliphatic hydroxyl groups is 1. The number of aliphatic hydroxyl groups excluding tert-OH is 1. The SMILES string of the molecule is C=CCNC(=O)C(=O)NCCCO. The van der Waals surface area contributed by atoms with Gasteiger partial charge in [0.05, 0.1) is 0 Å². The van der Waals surface area contributed by atoms with Gasteiger partial charge in [0.15, 0.2) is 0 Å². The number of hydrogen-bond donors (Lipinski definition) is 3. The highest BCUT2D eigenvalue weighted by Crippen LogP contribution is 1.74. The molecule has 0 aromatic heterocycles. The molecule has 74 valence electrons. The summed E-state index contributed by atoms with van der Waals surface area (Å²) in [5, 5.41) is 13.1. The van der Waals surface area contributed by atoms with Gasteiger partial charge in [-0.2, -0.15) is 0 Å². The van der Waals surface area contributed by atoms with E-state index in [0.29, 0.717) is 13.0 Å². The molecule has 2 amide bonds. The van der Waals surface area contributed by atoms with Gasteiger partial charge in [-0.1, -0.05) is 6.08 Å². The number of carbonyl (C=O) groups excluding carboxylic acids is 2. The summed E-state index contributed by atoms with van der Waals surface area (Å²) >= 11 is 0. The van der Waals surface area contributed by atoms with Crippen molar-refractivity contribution in [2.75, 3.05) is 19.7 Å². The van der Waals surface area contributed by atoms with Gasteiger partial charge in [0, 0.05) is 19.7 Å². The molecule has 0 aromatic carbocycles. The van der Waals surface area contributed by atoms with Crippen LogP contribution in [-0.2, 0) is 9.59 Å². The molecule has 0 bridgehead atoms. The molecular weight excluding hydrogens is 172 g/mol. The van der Waals surface area contributed by atoms with Crippen LogP contribution < -0.4 is 10.6 Å². The van der Waals surface area contributed by atoms with Crippen molar-refractivity contribution >= 4 is 11.8 Å². The van der Waals surface area contributed by atoms with Crippen LogP contribution in [0.2, 0.25) is 0 Å². The fraction of sp³-hybridized carbons (Fsp3) is 0.500. The normalized spacial score (nSPS) is 9.00. The maximum Gasteiger partial charge on any atom is 0.309 e. The van der Waals surface area contributed by atoms with E-state index in [1.165, 1.54) is 6.08 Å². The molecule has 3 N–H and O–H groups in total. The predicted molar refractivity (Wildman–Crippen MR) is 47.9 cm³/mol. The number of hydrogen-bond acceptors (Lipinski definition) is 3. The summed E-state index contributed by atoms with van der Waals surface area (Å²) in [5.74, 6) is -1.37. The smallest absolute Gasteiger partial charge is 0.309 e. The summed E-state index contributed by atoms with van der Waals surface area (Å²) in [4.78, 5) is 21.7. The van der Waals surface area contributed by atoms with E-state index in [9.17, 15) is 9.59 Å². The largest absolute Gasteiger partial charge is 0.396 e. The van der Waals surface area contributed by atoms with Gasteiger partial charge in [0.2, 0.25) is 0 Å². The maximum absolute atomic E-state index is 10.9. The van der Waals surface area contributed by atoms with Crippen molar-refractivity contribution in [2.24, 2.45) is 0 Å². The number of rotatable bonds is 5. The van der Waals surface area contributed by atoms with E-state index in [-0.39, 0.29) is 13.2 Å². The van der Waals surface area contributed by atoms with Gasteiger partial charge in [-0.15, -0.1) is 6.58 Å². The molecule has 0 spiro atoms. The first-order chi connectivity index (χ1) is 6.22. The Hall–Kier alpha value is -1.36. The minimum Gasteiger partial charge on any atom is -0.396 e. The Balaban J connectivity index is 3.57. The summed E-state index contributed by atoms with van der Waals surface area (Å²) in [5.41, 5.74) is 0. The molecule has 0 saturated heterocycles. The second kappa shape index (κ2) is 7.30. The van der Waals surface area contributed by atoms with Crippen LogP contribution in [0.25, 0.3) is 0 Å². The lowest BCUT2D eigenvalue weighted by Crippen LogP contribution is -2.40. The van der Waals surface area contributed by atoms with E-state index in [1.54, 1.807) is 0 Å². The van der Waals surface area contributed by atoms with Crippen molar-refractivity contribution in [3.8, 4) is 0 Å². The van der Waals surface area contributed by atoms with E-state index in [4.69, 9.17) is 5.11 Å². The summed E-state index contributed by atoms with van der Waals surface area (Å²) in [6.07, 6.45) is 1.93. The summed E-state index contributed by atoms with van der Waals surface area (Å²) in [7, 11) is 0. The second-order valence-corrected chi connectivity index (χ2v) is 2.33. The molecule has 0 aliphatic carbocycles. The molecule has 0 aliphatic rings. The zero-order valence-electron chi connectivity index (χ0n) is 7.38. The minimum atomic E-state index is -0.685. The monoisotopic (exact) mass is 186 g/mol. The summed E-state index contributed by atoms with van der Waals surface area (Å²) < 4.78 is 0. The standard InChI is InChI=1S/C8H14N2O3/c1-2-4-9-7(12)8(13)10-5-3-6-11/h2,11H,1,3-6H2,(H,9,12)(H,10,13). The van der Waals surface area contributed by atoms with E-state index in [1.807, 2.05) is 0 Å². The van der Waals surface area contributed by atoms with E-state index < -0.39 is 11.8 Å². The van der Waals surface area contributed by atoms with E-state index >= 15 is 0 Å². The predicted octanol–water partition coefficient (Wildman–Crippen LogP) is -1.21. The van der Waals surface area contributed by atoms with Crippen LogP contribution in [0.1, 0.15) is 6.42 Å². The lowest BCUT2D eigenvalue weighted by atomic mass is 10.4. The summed E-state index contributed by atoms with van der Waals surface area (Å²) in [6, 6.07) is 0. The van der Waals surface area contributed by atoms with Crippen LogP contribution in [0, 0.1) is 0 Å². The molecule has 0 aromatic rings. The third kappa shape index (κ3) is 5.86. The Morgan fingerprint density at radius 3 is 2.46 bits per heavy atom. The van der Waals surface area contributed by atoms with Gasteiger partial charge >= 0.3 is 11.8 Å². The molecule has 0 heterocycles. The van der Waals surface area contributed by atoms with Crippen LogP contribution >= 0.6 is 0 Å². The number of nitrogens with one attached hydrogen (secondary N) is 2. The first-order valence-corrected chi connectivity index (χ1v) is 4.00. The lowest BCUT2D eigenvalue weighted by Gasteiger charge is -2.03. The van der Waals surface area contributed by atoms with Crippen LogP contribution in [-0.4, -0.2) is 36.6 Å². The molecule has 0 radical (unpaired) electrons. The fourth-order valence-corrected chi connectivity index (χ4v) is 0.606. The van der Waals surface area contributed by atoms with Gasteiger partial charge < -0.3 is 15.7 Å². The van der Waals surface area contributed by atoms with Crippen molar-refractivity contribution in [1.29, 1.82) is 0 Å². The lowest BCUT2D eigenvalue weighted by molar-refractivity contribution is -0.139. The Bertz CT molecular complexity index is 192. The molecule has 0 fully saturated rings. The van der Waals surface area contributed by atoms with Crippen molar-refractivity contribution in [3.63, 3.8) is 0 Å². The highest BCUT2D eigenvalue weighted by atomic mass is 16.3. The molecule has 0 atom stereocenters. The van der Waals surface area contributed by atoms with Crippen LogP contribution in [0.4, 0.5) is 0 Å². The van der Waals surface area contributed by atoms with Crippen LogP contribution in [0.5, 0.6) is 0 Å². The minimum absolute atomic E-state index is 0.00540. The number of amides is 2. The van der Waals surface area contributed by atoms with Crippen LogP contribution in [0.3, 0.4) is 0 Å². The Morgan fingerprint density at radius 1 is 1.31 bits per heavy atom. The molecule has 13 heavy (non-hydrogen) atoms. The average molecular weight is 186 g/mol. The van der Waals surface area contributed by atoms with E-state index in [2.05, 4.69) is 17.2 Å². The molecule has 5 nitrogen and oxygen atoms in total. The first-order valence-electron chi connectivity index (χ1n) is 4.00. The molecule has 0 rings (SSSR count). The topological polar surface area (TPSA) is 78.4 Å². The zero-order valence-corrected chi connectivity index (χ0v) is 7.38. The molecule has 0 unspecified atom stereocenters. The highest BCUT2D eigenvalue weighted by Gasteiger charge is 2.10. The Labute approximate surface area is 76.8 Å². The van der Waals surface area contributed by atoms with Crippen molar-refractivity contribution in [1.82, 2.24) is 10.6 Å². The van der Waals surface area contributed by atoms with Gasteiger partial charge in [-0.05, 0) is 6.42 Å². The molecule has 5 heteroatoms. The third-order valence-corrected chi connectivity index (χ3v) is 1.23. The fourth-order valence-electron chi connectivity index (χ4n) is 0.606. The average Bonchev–Trinajstić information content (AvgIpc) is 2.14. The zero-order chi connectivity index (χ0) is 10.1. The highest BCUT2D eigenvalue weighted by molar-refractivity contribution is 6.35. The Morgan fingerprint density at radius 2 is 1.92 bits per heavy atom. The van der Waals surface area contributed by atoms with Gasteiger partial charge in [0.1, 0.15) is 0 Å². The Kier molecular flexibility index (Phi) is 6.53. The van der Waals surface area contributed by atoms with Gasteiger partial charge in [0.25, 0.3) is 0 Å².